The molecule has 0 spiro atoms. The number of nitrogens with one attached hydrogen (secondary N) is 1. The molecule has 10 nitrogen and oxygen atoms in total. The molecule has 0 unspecified atom stereocenters. The van der Waals surface area contributed by atoms with Crippen LogP contribution in [0.4, 0.5) is 11.5 Å². The average molecular weight is 648 g/mol. The van der Waals surface area contributed by atoms with Crippen molar-refractivity contribution >= 4 is 69.8 Å². The zero-order chi connectivity index (χ0) is 30.1. The summed E-state index contributed by atoms with van der Waals surface area (Å²) in [6.45, 7) is -0.0247. The van der Waals surface area contributed by atoms with E-state index in [0.29, 0.717) is 11.3 Å². The van der Waals surface area contributed by atoms with Crippen LogP contribution >= 0.6 is 46.4 Å². The molecule has 41 heavy (non-hydrogen) atoms. The molecule has 0 radical (unpaired) electrons. The third kappa shape index (κ3) is 9.53. The topological polar surface area (TPSA) is 158 Å². The number of hydrogen-bond donors (Lipinski definition) is 5. The number of ether oxygens (including phenoxy) is 2. The van der Waals surface area contributed by atoms with Crippen molar-refractivity contribution in [2.45, 2.75) is 37.9 Å². The second-order valence-electron chi connectivity index (χ2n) is 8.79. The summed E-state index contributed by atoms with van der Waals surface area (Å²) in [7, 11) is 0. The van der Waals surface area contributed by atoms with Crippen LogP contribution in [0.3, 0.4) is 0 Å². The Morgan fingerprint density at radius 3 is 1.85 bits per heavy atom. The normalized spacial score (nSPS) is 12.4. The van der Waals surface area contributed by atoms with Crippen molar-refractivity contribution in [3.63, 3.8) is 0 Å². The maximum atomic E-state index is 11.4. The van der Waals surface area contributed by atoms with E-state index in [0.717, 1.165) is 0 Å². The van der Waals surface area contributed by atoms with Crippen LogP contribution in [0.15, 0.2) is 42.6 Å². The number of rotatable bonds is 15. The Morgan fingerprint density at radius 1 is 0.854 bits per heavy atom. The van der Waals surface area contributed by atoms with Crippen LogP contribution < -0.4 is 14.8 Å². The van der Waals surface area contributed by atoms with Gasteiger partial charge < -0.3 is 35.2 Å². The van der Waals surface area contributed by atoms with Crippen molar-refractivity contribution in [3.8, 4) is 11.5 Å². The highest BCUT2D eigenvalue weighted by atomic mass is 35.5. The standard InChI is InChI=1S/C27H26Cl4N2O8/c28-17-10-14(3-4-23(36)37)11-18(29)24(17)40-8-5-21(34)22(35)6-9-41-25-19(30)12-15(13-20(25)31)33-26-16(27(38)39)2-1-7-32-26/h1-2,7,10-13,21-22,34-35H,3-6,8-9H2,(H,32,33)(H,36,37)(H,38,39)/t21-,22-/m1/s1. The molecule has 0 saturated heterocycles. The number of aliphatic hydroxyl groups excluding tert-OH is 2. The molecule has 0 amide bonds. The summed E-state index contributed by atoms with van der Waals surface area (Å²) in [6.07, 6.45) is -0.562. The van der Waals surface area contributed by atoms with Gasteiger partial charge in [0.05, 0.1) is 45.5 Å². The van der Waals surface area contributed by atoms with Crippen molar-refractivity contribution in [1.29, 1.82) is 0 Å². The number of aromatic carboxylic acids is 1. The Hall–Kier alpha value is -2.99. The number of benzene rings is 2. The van der Waals surface area contributed by atoms with Crippen molar-refractivity contribution < 1.29 is 39.5 Å². The largest absolute Gasteiger partial charge is 0.490 e. The van der Waals surface area contributed by atoms with E-state index >= 15 is 0 Å². The number of carboxylic acid groups (broad SMARTS) is 2. The number of halogens is 4. The molecule has 1 heterocycles. The Balaban J connectivity index is 1.48. The maximum absolute atomic E-state index is 11.4. The molecule has 1 aromatic heterocycles. The number of aliphatic hydroxyl groups is 2. The molecule has 0 aliphatic heterocycles. The Bertz CT molecular complexity index is 1350. The molecule has 2 atom stereocenters. The van der Waals surface area contributed by atoms with Gasteiger partial charge in [0.25, 0.3) is 0 Å². The summed E-state index contributed by atoms with van der Waals surface area (Å²) in [5, 5.41) is 42.4. The molecular weight excluding hydrogens is 622 g/mol. The molecule has 0 bridgehead atoms. The van der Waals surface area contributed by atoms with Crippen molar-refractivity contribution in [1.82, 2.24) is 4.98 Å². The highest BCUT2D eigenvalue weighted by Crippen LogP contribution is 2.37. The van der Waals surface area contributed by atoms with E-state index in [1.807, 2.05) is 0 Å². The van der Waals surface area contributed by atoms with Crippen LogP contribution in [0.2, 0.25) is 20.1 Å². The van der Waals surface area contributed by atoms with Crippen LogP contribution in [0.25, 0.3) is 0 Å². The first kappa shape index (κ1) is 32.5. The second-order valence-corrected chi connectivity index (χ2v) is 10.4. The van der Waals surface area contributed by atoms with E-state index in [2.05, 4.69) is 10.3 Å². The fourth-order valence-electron chi connectivity index (χ4n) is 3.68. The minimum Gasteiger partial charge on any atom is -0.490 e. The Kier molecular flexibility index (Phi) is 12.1. The summed E-state index contributed by atoms with van der Waals surface area (Å²) in [5.74, 6) is -1.63. The van der Waals surface area contributed by atoms with Crippen LogP contribution in [0.5, 0.6) is 11.5 Å². The zero-order valence-corrected chi connectivity index (χ0v) is 24.3. The lowest BCUT2D eigenvalue weighted by Crippen LogP contribution is -2.29. The monoisotopic (exact) mass is 646 g/mol. The molecule has 220 valence electrons. The second kappa shape index (κ2) is 15.3. The first-order chi connectivity index (χ1) is 19.5. The van der Waals surface area contributed by atoms with Crippen molar-refractivity contribution in [3.05, 3.63) is 73.8 Å². The van der Waals surface area contributed by atoms with E-state index in [1.54, 1.807) is 12.1 Å². The number of carbonyl (C=O) groups is 2. The van der Waals surface area contributed by atoms with Crippen molar-refractivity contribution in [2.75, 3.05) is 18.5 Å². The minimum atomic E-state index is -1.15. The van der Waals surface area contributed by atoms with Gasteiger partial charge in [-0.25, -0.2) is 9.78 Å². The van der Waals surface area contributed by atoms with Gasteiger partial charge in [-0.2, -0.15) is 0 Å². The van der Waals surface area contributed by atoms with Crippen LogP contribution in [0.1, 0.15) is 35.2 Å². The molecule has 3 rings (SSSR count). The van der Waals surface area contributed by atoms with Gasteiger partial charge >= 0.3 is 11.9 Å². The quantitative estimate of drug-likeness (QED) is 0.130. The van der Waals surface area contributed by atoms with Gasteiger partial charge in [0.1, 0.15) is 11.4 Å². The summed E-state index contributed by atoms with van der Waals surface area (Å²) in [6, 6.07) is 9.01. The highest BCUT2D eigenvalue weighted by Gasteiger charge is 2.19. The lowest BCUT2D eigenvalue weighted by Gasteiger charge is -2.19. The van der Waals surface area contributed by atoms with Gasteiger partial charge in [-0.1, -0.05) is 46.4 Å². The summed E-state index contributed by atoms with van der Waals surface area (Å²) < 4.78 is 11.2. The number of hydrogen-bond acceptors (Lipinski definition) is 8. The number of nitrogens with zero attached hydrogens (tertiary/aromatic N) is 1. The summed E-state index contributed by atoms with van der Waals surface area (Å²) in [5.41, 5.74) is 1.01. The molecular formula is C27H26Cl4N2O8. The number of aromatic nitrogens is 1. The van der Waals surface area contributed by atoms with E-state index in [1.165, 1.54) is 30.5 Å². The van der Waals surface area contributed by atoms with Gasteiger partial charge in [-0.3, -0.25) is 4.79 Å². The van der Waals surface area contributed by atoms with Crippen LogP contribution in [0, 0.1) is 0 Å². The zero-order valence-electron chi connectivity index (χ0n) is 21.3. The Labute approximate surface area is 255 Å². The predicted molar refractivity (Wildman–Crippen MR) is 156 cm³/mol. The average Bonchev–Trinajstić information content (AvgIpc) is 2.90. The molecule has 3 aromatic rings. The number of anilines is 2. The van der Waals surface area contributed by atoms with E-state index in [9.17, 15) is 24.9 Å². The third-order valence-corrected chi connectivity index (χ3v) is 6.87. The van der Waals surface area contributed by atoms with Gasteiger partial charge in [0, 0.05) is 31.1 Å². The van der Waals surface area contributed by atoms with Crippen molar-refractivity contribution in [2.24, 2.45) is 0 Å². The van der Waals surface area contributed by atoms with Gasteiger partial charge in [-0.15, -0.1) is 0 Å². The maximum Gasteiger partial charge on any atom is 0.339 e. The van der Waals surface area contributed by atoms with Crippen LogP contribution in [-0.2, 0) is 11.2 Å². The molecule has 14 heteroatoms. The molecule has 0 fully saturated rings. The van der Waals surface area contributed by atoms with Gasteiger partial charge in [-0.05, 0) is 48.4 Å². The number of aryl methyl sites for hydroxylation is 1. The predicted octanol–water partition coefficient (Wildman–Crippen LogP) is 6.11. The van der Waals surface area contributed by atoms with Gasteiger partial charge in [0.15, 0.2) is 11.5 Å². The SMILES string of the molecule is O=C(O)CCc1cc(Cl)c(OCC[C@@H](O)[C@H](O)CCOc2c(Cl)cc(Nc3ncccc3C(=O)O)cc2Cl)c(Cl)c1. The lowest BCUT2D eigenvalue weighted by atomic mass is 10.1. The van der Waals surface area contributed by atoms with E-state index in [-0.39, 0.29) is 81.9 Å². The summed E-state index contributed by atoms with van der Waals surface area (Å²) >= 11 is 25.0. The Morgan fingerprint density at radius 2 is 1.37 bits per heavy atom. The molecule has 5 N–H and O–H groups in total. The minimum absolute atomic E-state index is 0.00101. The molecule has 0 saturated carbocycles. The highest BCUT2D eigenvalue weighted by molar-refractivity contribution is 6.38. The fraction of sp³-hybridized carbons (Fsp3) is 0.296. The van der Waals surface area contributed by atoms with E-state index in [4.69, 9.17) is 61.0 Å². The van der Waals surface area contributed by atoms with E-state index < -0.39 is 24.1 Å². The lowest BCUT2D eigenvalue weighted by molar-refractivity contribution is -0.136. The number of pyridine rings is 1. The first-order valence-corrected chi connectivity index (χ1v) is 13.7. The third-order valence-electron chi connectivity index (χ3n) is 5.75. The molecule has 2 aromatic carbocycles. The van der Waals surface area contributed by atoms with Crippen LogP contribution in [-0.4, -0.2) is 62.8 Å². The first-order valence-electron chi connectivity index (χ1n) is 12.2. The summed E-state index contributed by atoms with van der Waals surface area (Å²) in [4.78, 5) is 26.2. The fourth-order valence-corrected chi connectivity index (χ4v) is 4.92. The number of aliphatic carboxylic acids is 1. The number of carboxylic acids is 2. The van der Waals surface area contributed by atoms with Gasteiger partial charge in [0.2, 0.25) is 0 Å². The molecule has 0 aliphatic rings. The molecule has 0 aliphatic carbocycles. The smallest absolute Gasteiger partial charge is 0.339 e.